The normalized spacial score (nSPS) is 12.4. The van der Waals surface area contributed by atoms with Crippen molar-refractivity contribution in [3.8, 4) is 0 Å². The smallest absolute Gasteiger partial charge is 0.316 e. The third kappa shape index (κ3) is 3.96. The van der Waals surface area contributed by atoms with E-state index in [9.17, 15) is 4.79 Å². The van der Waals surface area contributed by atoms with Gasteiger partial charge in [-0.3, -0.25) is 4.79 Å². The Morgan fingerprint density at radius 3 is 2.47 bits per heavy atom. The largest absolute Gasteiger partial charge is 0.480 e. The van der Waals surface area contributed by atoms with Crippen molar-refractivity contribution in [2.24, 2.45) is 0 Å². The Bertz CT molecular complexity index is 319. The van der Waals surface area contributed by atoms with Crippen molar-refractivity contribution < 1.29 is 9.90 Å². The van der Waals surface area contributed by atoms with Crippen LogP contribution in [0, 0.1) is 6.92 Å². The number of carboxylic acid groups (broad SMARTS) is 1. The Labute approximate surface area is 94.7 Å². The number of aliphatic carboxylic acids is 1. The third-order valence-corrected chi connectivity index (χ3v) is 3.66. The van der Waals surface area contributed by atoms with Crippen molar-refractivity contribution >= 4 is 17.7 Å². The zero-order chi connectivity index (χ0) is 11.3. The van der Waals surface area contributed by atoms with E-state index in [4.69, 9.17) is 5.11 Å². The molecule has 0 bridgehead atoms. The third-order valence-electron chi connectivity index (χ3n) is 2.22. The van der Waals surface area contributed by atoms with Gasteiger partial charge in [0.15, 0.2) is 0 Å². The lowest BCUT2D eigenvalue weighted by Crippen LogP contribution is -2.14. The first-order chi connectivity index (χ1) is 7.13. The number of hydrogen-bond donors (Lipinski definition) is 1. The highest BCUT2D eigenvalue weighted by molar-refractivity contribution is 7.99. The lowest BCUT2D eigenvalue weighted by Gasteiger charge is -2.09. The summed E-state index contributed by atoms with van der Waals surface area (Å²) >= 11 is 1.49. The van der Waals surface area contributed by atoms with Gasteiger partial charge < -0.3 is 5.11 Å². The second-order valence-corrected chi connectivity index (χ2v) is 4.72. The molecule has 1 atom stereocenters. The van der Waals surface area contributed by atoms with Crippen LogP contribution in [0.1, 0.15) is 24.5 Å². The molecule has 82 valence electrons. The van der Waals surface area contributed by atoms with E-state index in [-0.39, 0.29) is 5.25 Å². The molecule has 0 heterocycles. The standard InChI is InChI=1S/C12H16O2S/c1-3-11(12(13)14)15-8-10-6-4-9(2)5-7-10/h4-7,11H,3,8H2,1-2H3,(H,13,14). The van der Waals surface area contributed by atoms with Crippen molar-refractivity contribution in [3.63, 3.8) is 0 Å². The molecule has 1 N–H and O–H groups in total. The molecular formula is C12H16O2S. The SMILES string of the molecule is CCC(SCc1ccc(C)cc1)C(=O)O. The average Bonchev–Trinajstić information content (AvgIpc) is 2.21. The van der Waals surface area contributed by atoms with Gasteiger partial charge in [0.25, 0.3) is 0 Å². The van der Waals surface area contributed by atoms with E-state index in [1.165, 1.54) is 22.9 Å². The van der Waals surface area contributed by atoms with Crippen molar-refractivity contribution in [1.82, 2.24) is 0 Å². The minimum absolute atomic E-state index is 0.286. The molecule has 1 rings (SSSR count). The van der Waals surface area contributed by atoms with Crippen LogP contribution in [0.5, 0.6) is 0 Å². The van der Waals surface area contributed by atoms with E-state index in [0.29, 0.717) is 6.42 Å². The van der Waals surface area contributed by atoms with E-state index in [2.05, 4.69) is 24.3 Å². The van der Waals surface area contributed by atoms with Crippen LogP contribution in [0.3, 0.4) is 0 Å². The molecule has 2 nitrogen and oxygen atoms in total. The maximum atomic E-state index is 10.8. The van der Waals surface area contributed by atoms with Gasteiger partial charge in [0, 0.05) is 5.75 Å². The fourth-order valence-electron chi connectivity index (χ4n) is 1.24. The summed E-state index contributed by atoms with van der Waals surface area (Å²) in [6.07, 6.45) is 0.672. The lowest BCUT2D eigenvalue weighted by molar-refractivity contribution is -0.136. The predicted molar refractivity (Wildman–Crippen MR) is 64.2 cm³/mol. The predicted octanol–water partition coefficient (Wildman–Crippen LogP) is 3.09. The highest BCUT2D eigenvalue weighted by Gasteiger charge is 2.14. The van der Waals surface area contributed by atoms with Gasteiger partial charge in [-0.15, -0.1) is 11.8 Å². The fraction of sp³-hybridized carbons (Fsp3) is 0.417. The van der Waals surface area contributed by atoms with E-state index in [0.717, 1.165) is 5.75 Å². The highest BCUT2D eigenvalue weighted by Crippen LogP contribution is 2.20. The van der Waals surface area contributed by atoms with Crippen molar-refractivity contribution in [2.45, 2.75) is 31.3 Å². The van der Waals surface area contributed by atoms with Crippen LogP contribution in [0.25, 0.3) is 0 Å². The Morgan fingerprint density at radius 2 is 2.00 bits per heavy atom. The molecule has 3 heteroatoms. The Balaban J connectivity index is 2.49. The van der Waals surface area contributed by atoms with E-state index >= 15 is 0 Å². The van der Waals surface area contributed by atoms with Gasteiger partial charge in [-0.1, -0.05) is 36.8 Å². The quantitative estimate of drug-likeness (QED) is 0.835. The average molecular weight is 224 g/mol. The van der Waals surface area contributed by atoms with Crippen molar-refractivity contribution in [1.29, 1.82) is 0 Å². The summed E-state index contributed by atoms with van der Waals surface area (Å²) in [7, 11) is 0. The number of thioether (sulfide) groups is 1. The molecule has 15 heavy (non-hydrogen) atoms. The molecule has 0 amide bonds. The molecule has 1 aromatic rings. The summed E-state index contributed by atoms with van der Waals surface area (Å²) in [5.74, 6) is 0.0556. The van der Waals surface area contributed by atoms with Gasteiger partial charge in [-0.2, -0.15) is 0 Å². The first-order valence-corrected chi connectivity index (χ1v) is 6.08. The van der Waals surface area contributed by atoms with Crippen LogP contribution in [0.15, 0.2) is 24.3 Å². The van der Waals surface area contributed by atoms with Crippen LogP contribution >= 0.6 is 11.8 Å². The molecule has 0 fully saturated rings. The zero-order valence-corrected chi connectivity index (χ0v) is 9.88. The minimum atomic E-state index is -0.713. The number of rotatable bonds is 5. The molecule has 0 spiro atoms. The van der Waals surface area contributed by atoms with E-state index in [1.54, 1.807) is 0 Å². The minimum Gasteiger partial charge on any atom is -0.480 e. The summed E-state index contributed by atoms with van der Waals surface area (Å²) in [5.41, 5.74) is 2.42. The molecule has 0 aliphatic heterocycles. The molecule has 0 radical (unpaired) electrons. The number of aryl methyl sites for hydroxylation is 1. The second-order valence-electron chi connectivity index (χ2n) is 3.53. The zero-order valence-electron chi connectivity index (χ0n) is 9.06. The van der Waals surface area contributed by atoms with Gasteiger partial charge in [0.05, 0.1) is 0 Å². The Hall–Kier alpha value is -0.960. The van der Waals surface area contributed by atoms with Crippen molar-refractivity contribution in [3.05, 3.63) is 35.4 Å². The Morgan fingerprint density at radius 1 is 1.40 bits per heavy atom. The molecule has 0 aromatic heterocycles. The maximum Gasteiger partial charge on any atom is 0.316 e. The molecule has 0 saturated carbocycles. The van der Waals surface area contributed by atoms with E-state index < -0.39 is 5.97 Å². The summed E-state index contributed by atoms with van der Waals surface area (Å²) in [6, 6.07) is 8.21. The number of benzene rings is 1. The number of hydrogen-bond acceptors (Lipinski definition) is 2. The summed E-state index contributed by atoms with van der Waals surface area (Å²) < 4.78 is 0. The Kier molecular flexibility index (Phi) is 4.69. The summed E-state index contributed by atoms with van der Waals surface area (Å²) in [6.45, 7) is 3.95. The second kappa shape index (κ2) is 5.81. The van der Waals surface area contributed by atoms with Crippen LogP contribution in [0.2, 0.25) is 0 Å². The molecule has 1 unspecified atom stereocenters. The van der Waals surface area contributed by atoms with Gasteiger partial charge in [-0.25, -0.2) is 0 Å². The monoisotopic (exact) mass is 224 g/mol. The summed E-state index contributed by atoms with van der Waals surface area (Å²) in [4.78, 5) is 10.8. The number of carbonyl (C=O) groups is 1. The van der Waals surface area contributed by atoms with E-state index in [1.807, 2.05) is 13.8 Å². The van der Waals surface area contributed by atoms with Crippen LogP contribution in [0.4, 0.5) is 0 Å². The number of carboxylic acids is 1. The molecule has 0 aliphatic rings. The van der Waals surface area contributed by atoms with Crippen LogP contribution < -0.4 is 0 Å². The van der Waals surface area contributed by atoms with Gasteiger partial charge in [-0.05, 0) is 18.9 Å². The van der Waals surface area contributed by atoms with Gasteiger partial charge in [0.1, 0.15) is 5.25 Å². The first kappa shape index (κ1) is 12.1. The fourth-order valence-corrected chi connectivity index (χ4v) is 2.21. The topological polar surface area (TPSA) is 37.3 Å². The first-order valence-electron chi connectivity index (χ1n) is 5.03. The van der Waals surface area contributed by atoms with Crippen molar-refractivity contribution in [2.75, 3.05) is 0 Å². The summed E-state index contributed by atoms with van der Waals surface area (Å²) in [5, 5.41) is 8.59. The lowest BCUT2D eigenvalue weighted by atomic mass is 10.2. The van der Waals surface area contributed by atoms with Gasteiger partial charge >= 0.3 is 5.97 Å². The highest BCUT2D eigenvalue weighted by atomic mass is 32.2. The maximum absolute atomic E-state index is 10.8. The molecule has 1 aromatic carbocycles. The van der Waals surface area contributed by atoms with Gasteiger partial charge in [0.2, 0.25) is 0 Å². The molecule has 0 saturated heterocycles. The van der Waals surface area contributed by atoms with Crippen LogP contribution in [-0.4, -0.2) is 16.3 Å². The molecular weight excluding hydrogens is 208 g/mol. The molecule has 0 aliphatic carbocycles. The van der Waals surface area contributed by atoms with Crippen LogP contribution in [-0.2, 0) is 10.5 Å².